The number of aliphatic hydroxyl groups excluding tert-OH is 1. The van der Waals surface area contributed by atoms with Gasteiger partial charge in [-0.1, -0.05) is 27.7 Å². The summed E-state index contributed by atoms with van der Waals surface area (Å²) in [5, 5.41) is 12.1. The minimum atomic E-state index is -2.86. The molecule has 44 heavy (non-hydrogen) atoms. The maximum absolute atomic E-state index is 13.4. The fraction of sp³-hybridized carbons (Fsp3) is 0.368. The van der Waals surface area contributed by atoms with Gasteiger partial charge in [0.15, 0.2) is 5.78 Å². The Morgan fingerprint density at radius 1 is 0.909 bits per heavy atom. The zero-order valence-corrected chi connectivity index (χ0v) is 31.6. The maximum atomic E-state index is 13.4. The molecule has 235 valence electrons. The Hall–Kier alpha value is -2.48. The Morgan fingerprint density at radius 3 is 2.16 bits per heavy atom. The summed E-state index contributed by atoms with van der Waals surface area (Å²) in [6.07, 6.45) is 6.74. The first-order chi connectivity index (χ1) is 20.5. The van der Waals surface area contributed by atoms with Crippen molar-refractivity contribution in [3.63, 3.8) is 0 Å². The molecule has 6 heteroatoms. The van der Waals surface area contributed by atoms with Gasteiger partial charge in [0, 0.05) is 38.0 Å². The molecule has 1 aliphatic rings. The van der Waals surface area contributed by atoms with Gasteiger partial charge in [0.1, 0.15) is 0 Å². The summed E-state index contributed by atoms with van der Waals surface area (Å²) >= 11 is -2.86. The van der Waals surface area contributed by atoms with E-state index in [2.05, 4.69) is 57.2 Å². The number of carbonyl (C=O) groups excluding carboxylic acids is 1. The monoisotopic (exact) mass is 885 g/mol. The van der Waals surface area contributed by atoms with Gasteiger partial charge in [-0.15, -0.1) is 0 Å². The average Bonchev–Trinajstić information content (AvgIpc) is 3.29. The molecule has 4 aromatic rings. The fourth-order valence-electron chi connectivity index (χ4n) is 5.76. The van der Waals surface area contributed by atoms with Crippen LogP contribution >= 0.6 is 0 Å². The third-order valence-corrected chi connectivity index (χ3v) is 12.8. The molecule has 0 bridgehead atoms. The Kier molecular flexibility index (Phi) is 12.8. The van der Waals surface area contributed by atoms with E-state index in [-0.39, 0.29) is 48.9 Å². The van der Waals surface area contributed by atoms with Gasteiger partial charge in [0.25, 0.3) is 0 Å². The average molecular weight is 883 g/mol. The molecule has 0 saturated carbocycles. The van der Waals surface area contributed by atoms with E-state index < -0.39 is 19.5 Å². The van der Waals surface area contributed by atoms with Crippen molar-refractivity contribution in [3.05, 3.63) is 90.3 Å². The van der Waals surface area contributed by atoms with E-state index in [1.807, 2.05) is 64.2 Å². The van der Waals surface area contributed by atoms with Gasteiger partial charge in [0.05, 0.1) is 5.76 Å². The van der Waals surface area contributed by atoms with Crippen molar-refractivity contribution >= 4 is 43.3 Å². The second kappa shape index (κ2) is 15.7. The molecule has 0 fully saturated rings. The van der Waals surface area contributed by atoms with Crippen LogP contribution in [0.25, 0.3) is 33.2 Å². The second-order valence-electron chi connectivity index (χ2n) is 12.2. The van der Waals surface area contributed by atoms with Gasteiger partial charge in [-0.05, 0) is 25.7 Å². The molecule has 1 radical (unpaired) electrons. The Balaban J connectivity index is 0.000000286. The summed E-state index contributed by atoms with van der Waals surface area (Å²) in [4.78, 5) is 16.4. The zero-order valence-electron chi connectivity index (χ0n) is 26.9. The molecule has 0 unspecified atom stereocenters. The van der Waals surface area contributed by atoms with E-state index in [9.17, 15) is 13.0 Å². The molecule has 1 N–H and O–H groups in total. The van der Waals surface area contributed by atoms with Gasteiger partial charge in [-0.3, -0.25) is 4.79 Å². The zero-order chi connectivity index (χ0) is 31.3. The van der Waals surface area contributed by atoms with Gasteiger partial charge in [-0.2, -0.15) is 0 Å². The smallest absolute Gasteiger partial charge is 0.162 e. The standard InChI is InChI=1S/C25H20NOTe.C13H24O2.Ir/c1-25(2,3)21-15-17(14-16-8-4-5-9-18(16)21)23-24-20(12-13-26-23)19-10-6-7-11-22(19)28(24)27;1-5-10(6-2)12(14)9-13(15)11(7-3)8-4;/h4-13,15H,1-3H3;9-11,14H,5-8H2,1-4H3;/q-1;;/b;12-9-;. The number of ketones is 1. The molecule has 0 spiro atoms. The van der Waals surface area contributed by atoms with Crippen LogP contribution in [0.4, 0.5) is 0 Å². The van der Waals surface area contributed by atoms with Crippen molar-refractivity contribution < 1.29 is 33.1 Å². The number of hydrogen-bond acceptors (Lipinski definition) is 4. The molecule has 4 nitrogen and oxygen atoms in total. The second-order valence-corrected chi connectivity index (χ2v) is 16.1. The topological polar surface area (TPSA) is 67.3 Å². The Morgan fingerprint density at radius 2 is 1.52 bits per heavy atom. The fourth-order valence-corrected chi connectivity index (χ4v) is 10.1. The summed E-state index contributed by atoms with van der Waals surface area (Å²) in [5.41, 5.74) is 5.20. The molecule has 5 rings (SSSR count). The normalized spacial score (nSPS) is 12.9. The summed E-state index contributed by atoms with van der Waals surface area (Å²) in [7, 11) is 0. The number of hydrogen-bond donors (Lipinski definition) is 1. The Labute approximate surface area is 283 Å². The molecule has 0 amide bonds. The van der Waals surface area contributed by atoms with Gasteiger partial charge >= 0.3 is 173 Å². The van der Waals surface area contributed by atoms with E-state index in [4.69, 9.17) is 4.98 Å². The Bertz CT molecular complexity index is 1660. The van der Waals surface area contributed by atoms with Gasteiger partial charge in [0.2, 0.25) is 0 Å². The number of aliphatic hydroxyl groups is 1. The number of carbonyl (C=O) groups is 1. The van der Waals surface area contributed by atoms with Crippen LogP contribution in [0, 0.1) is 17.9 Å². The third kappa shape index (κ3) is 7.66. The molecular formula is C38H44IrNO3Te-. The predicted octanol–water partition coefficient (Wildman–Crippen LogP) is 8.38. The third-order valence-electron chi connectivity index (χ3n) is 8.39. The minimum Gasteiger partial charge on any atom is -0.512 e. The number of allylic oxidation sites excluding steroid dienone is 2. The van der Waals surface area contributed by atoms with Gasteiger partial charge in [-0.25, -0.2) is 0 Å². The number of aromatic nitrogens is 1. The van der Waals surface area contributed by atoms with Gasteiger partial charge < -0.3 is 5.11 Å². The molecule has 1 aromatic heterocycles. The molecule has 0 aliphatic carbocycles. The number of benzene rings is 3. The van der Waals surface area contributed by atoms with Crippen LogP contribution in [-0.2, 0) is 33.4 Å². The van der Waals surface area contributed by atoms with Crippen molar-refractivity contribution in [3.8, 4) is 22.4 Å². The van der Waals surface area contributed by atoms with Crippen molar-refractivity contribution in [2.45, 2.75) is 79.6 Å². The summed E-state index contributed by atoms with van der Waals surface area (Å²) in [6, 6.07) is 24.2. The van der Waals surface area contributed by atoms with Crippen LogP contribution in [0.5, 0.6) is 0 Å². The van der Waals surface area contributed by atoms with E-state index in [0.29, 0.717) is 0 Å². The summed E-state index contributed by atoms with van der Waals surface area (Å²) < 4.78 is 15.4. The van der Waals surface area contributed by atoms with E-state index in [1.54, 1.807) is 0 Å². The number of rotatable bonds is 8. The first-order valence-corrected chi connectivity index (χ1v) is 18.7. The summed E-state index contributed by atoms with van der Waals surface area (Å²) in [5.74, 6) is 0.547. The first-order valence-electron chi connectivity index (χ1n) is 15.5. The number of fused-ring (bicyclic) bond motifs is 4. The molecule has 0 saturated heterocycles. The number of nitrogens with zero attached hydrogens (tertiary/aromatic N) is 1. The van der Waals surface area contributed by atoms with E-state index in [0.717, 1.165) is 60.7 Å². The predicted molar refractivity (Wildman–Crippen MR) is 180 cm³/mol. The van der Waals surface area contributed by atoms with E-state index in [1.165, 1.54) is 17.0 Å². The molecule has 1 aliphatic heterocycles. The van der Waals surface area contributed by atoms with Crippen LogP contribution < -0.4 is 7.22 Å². The molecule has 0 atom stereocenters. The van der Waals surface area contributed by atoms with Crippen molar-refractivity contribution in [2.75, 3.05) is 0 Å². The quantitative estimate of drug-likeness (QED) is 0.0737. The first kappa shape index (κ1) is 36.0. The van der Waals surface area contributed by atoms with Crippen LogP contribution in [0.3, 0.4) is 0 Å². The van der Waals surface area contributed by atoms with Crippen molar-refractivity contribution in [2.24, 2.45) is 11.8 Å². The van der Waals surface area contributed by atoms with Crippen LogP contribution in [0.2, 0.25) is 0 Å². The van der Waals surface area contributed by atoms with Crippen molar-refractivity contribution in [1.29, 1.82) is 0 Å². The van der Waals surface area contributed by atoms with E-state index >= 15 is 0 Å². The molecule has 2 heterocycles. The van der Waals surface area contributed by atoms with Crippen LogP contribution in [0.1, 0.15) is 79.7 Å². The van der Waals surface area contributed by atoms with Crippen LogP contribution in [0.15, 0.2) is 78.7 Å². The maximum Gasteiger partial charge on any atom is 0.162 e. The number of pyridine rings is 1. The molecule has 3 aromatic carbocycles. The summed E-state index contributed by atoms with van der Waals surface area (Å²) in [6.45, 7) is 14.8. The SMILES string of the molecule is CC(C)(C)c1cc(-c2nccc3c2[Te](=O)c2ccccc2-3)[c-]c2ccccc12.CCC(CC)C(=O)/C=C(\O)C(CC)CC.[Ir]. The minimum absolute atomic E-state index is 0. The molecular weight excluding hydrogens is 838 g/mol. The largest absolute Gasteiger partial charge is 0.512 e. The van der Waals surface area contributed by atoms with Crippen LogP contribution in [-0.4, -0.2) is 35.4 Å². The van der Waals surface area contributed by atoms with Crippen molar-refractivity contribution in [1.82, 2.24) is 4.98 Å².